The molecule has 3 rings (SSSR count). The van der Waals surface area contributed by atoms with Crippen molar-refractivity contribution in [3.8, 4) is 0 Å². The molecular weight excluding hydrogens is 326 g/mol. The monoisotopic (exact) mass is 351 g/mol. The molecule has 0 unspecified atom stereocenters. The van der Waals surface area contributed by atoms with Gasteiger partial charge in [-0.2, -0.15) is 0 Å². The number of anilines is 1. The van der Waals surface area contributed by atoms with Crippen molar-refractivity contribution in [1.82, 2.24) is 9.62 Å². The van der Waals surface area contributed by atoms with Gasteiger partial charge in [0, 0.05) is 24.7 Å². The standard InChI is InChI=1S/C17H25N3O3S/c1-19(2)10-3-9-18-24(22,23)15-6-7-16-14(12-15)8-11-20(16)17(21)13-4-5-13/h6-7,12-13,18H,3-5,8-11H2,1-2H3. The number of hydrogen-bond donors (Lipinski definition) is 1. The van der Waals surface area contributed by atoms with E-state index in [0.717, 1.165) is 43.5 Å². The fraction of sp³-hybridized carbons (Fsp3) is 0.588. The highest BCUT2D eigenvalue weighted by Gasteiger charge is 2.36. The zero-order valence-electron chi connectivity index (χ0n) is 14.3. The second-order valence-electron chi connectivity index (χ2n) is 6.86. The van der Waals surface area contributed by atoms with E-state index in [0.29, 0.717) is 13.1 Å². The molecule has 7 heteroatoms. The van der Waals surface area contributed by atoms with Crippen LogP contribution in [0.3, 0.4) is 0 Å². The van der Waals surface area contributed by atoms with Crippen LogP contribution in [0.15, 0.2) is 23.1 Å². The van der Waals surface area contributed by atoms with Crippen molar-refractivity contribution in [1.29, 1.82) is 0 Å². The molecule has 0 bridgehead atoms. The van der Waals surface area contributed by atoms with Gasteiger partial charge in [-0.05, 0) is 70.1 Å². The van der Waals surface area contributed by atoms with E-state index in [1.807, 2.05) is 23.9 Å². The number of hydrogen-bond acceptors (Lipinski definition) is 4. The van der Waals surface area contributed by atoms with Crippen LogP contribution >= 0.6 is 0 Å². The molecule has 24 heavy (non-hydrogen) atoms. The van der Waals surface area contributed by atoms with Gasteiger partial charge < -0.3 is 9.80 Å². The summed E-state index contributed by atoms with van der Waals surface area (Å²) < 4.78 is 27.5. The first-order valence-electron chi connectivity index (χ1n) is 8.47. The SMILES string of the molecule is CN(C)CCCNS(=O)(=O)c1ccc2c(c1)CCN2C(=O)C1CC1. The summed E-state index contributed by atoms with van der Waals surface area (Å²) in [6.45, 7) is 1.92. The minimum atomic E-state index is -3.49. The summed E-state index contributed by atoms with van der Waals surface area (Å²) in [5, 5.41) is 0. The lowest BCUT2D eigenvalue weighted by molar-refractivity contribution is -0.119. The highest BCUT2D eigenvalue weighted by Crippen LogP contribution is 2.37. The predicted molar refractivity (Wildman–Crippen MR) is 93.6 cm³/mol. The third kappa shape index (κ3) is 3.79. The molecule has 132 valence electrons. The summed E-state index contributed by atoms with van der Waals surface area (Å²) in [5.41, 5.74) is 1.82. The van der Waals surface area contributed by atoms with E-state index < -0.39 is 10.0 Å². The highest BCUT2D eigenvalue weighted by molar-refractivity contribution is 7.89. The van der Waals surface area contributed by atoms with E-state index in [9.17, 15) is 13.2 Å². The third-order valence-corrected chi connectivity index (χ3v) is 5.98. The zero-order valence-corrected chi connectivity index (χ0v) is 15.1. The van der Waals surface area contributed by atoms with Crippen LogP contribution in [0.25, 0.3) is 0 Å². The lowest BCUT2D eigenvalue weighted by Gasteiger charge is -2.17. The first-order chi connectivity index (χ1) is 11.4. The van der Waals surface area contributed by atoms with Crippen LogP contribution in [0.1, 0.15) is 24.8 Å². The van der Waals surface area contributed by atoms with Gasteiger partial charge in [-0.15, -0.1) is 0 Å². The Morgan fingerprint density at radius 1 is 1.33 bits per heavy atom. The third-order valence-electron chi connectivity index (χ3n) is 4.52. The molecule has 0 aromatic heterocycles. The zero-order chi connectivity index (χ0) is 17.3. The Bertz CT molecular complexity index is 727. The molecule has 0 radical (unpaired) electrons. The van der Waals surface area contributed by atoms with Gasteiger partial charge in [0.15, 0.2) is 0 Å². The molecule has 0 spiro atoms. The number of sulfonamides is 1. The minimum absolute atomic E-state index is 0.178. The average molecular weight is 351 g/mol. The van der Waals surface area contributed by atoms with Crippen molar-refractivity contribution in [3.05, 3.63) is 23.8 Å². The van der Waals surface area contributed by atoms with E-state index in [2.05, 4.69) is 4.72 Å². The second kappa shape index (κ2) is 6.82. The number of carbonyl (C=O) groups excluding carboxylic acids is 1. The first kappa shape index (κ1) is 17.4. The van der Waals surface area contributed by atoms with Crippen molar-refractivity contribution < 1.29 is 13.2 Å². The highest BCUT2D eigenvalue weighted by atomic mass is 32.2. The molecule has 1 heterocycles. The Balaban J connectivity index is 1.68. The predicted octanol–water partition coefficient (Wildman–Crippen LogP) is 1.22. The Kier molecular flexibility index (Phi) is 4.94. The van der Waals surface area contributed by atoms with Gasteiger partial charge in [-0.1, -0.05) is 0 Å². The lowest BCUT2D eigenvalue weighted by Crippen LogP contribution is -2.30. The molecule has 0 saturated heterocycles. The van der Waals surface area contributed by atoms with Crippen molar-refractivity contribution >= 4 is 21.6 Å². The summed E-state index contributed by atoms with van der Waals surface area (Å²) in [4.78, 5) is 16.4. The number of nitrogens with one attached hydrogen (secondary N) is 1. The van der Waals surface area contributed by atoms with Crippen LogP contribution in [0, 0.1) is 5.92 Å². The molecule has 2 aliphatic rings. The molecule has 1 fully saturated rings. The first-order valence-corrected chi connectivity index (χ1v) is 9.95. The maximum atomic E-state index is 12.4. The Morgan fingerprint density at radius 2 is 2.08 bits per heavy atom. The van der Waals surface area contributed by atoms with E-state index in [4.69, 9.17) is 0 Å². The van der Waals surface area contributed by atoms with Crippen LogP contribution in [0.4, 0.5) is 5.69 Å². The van der Waals surface area contributed by atoms with E-state index in [-0.39, 0.29) is 16.7 Å². The number of benzene rings is 1. The maximum absolute atomic E-state index is 12.4. The largest absolute Gasteiger partial charge is 0.312 e. The molecule has 1 saturated carbocycles. The molecule has 1 aromatic carbocycles. The number of amides is 1. The van der Waals surface area contributed by atoms with Crippen molar-refractivity contribution in [2.24, 2.45) is 5.92 Å². The van der Waals surface area contributed by atoms with Gasteiger partial charge >= 0.3 is 0 Å². The number of nitrogens with zero attached hydrogens (tertiary/aromatic N) is 2. The summed E-state index contributed by atoms with van der Waals surface area (Å²) in [7, 11) is 0.430. The number of carbonyl (C=O) groups is 1. The van der Waals surface area contributed by atoms with Crippen LogP contribution in [0.2, 0.25) is 0 Å². The van der Waals surface area contributed by atoms with Crippen molar-refractivity contribution in [2.45, 2.75) is 30.6 Å². The summed E-state index contributed by atoms with van der Waals surface area (Å²) in [5.74, 6) is 0.365. The minimum Gasteiger partial charge on any atom is -0.312 e. The van der Waals surface area contributed by atoms with Gasteiger partial charge in [0.25, 0.3) is 0 Å². The molecule has 6 nitrogen and oxygen atoms in total. The molecular formula is C17H25N3O3S. The number of fused-ring (bicyclic) bond motifs is 1. The van der Waals surface area contributed by atoms with Crippen LogP contribution < -0.4 is 9.62 Å². The van der Waals surface area contributed by atoms with Gasteiger partial charge in [0.05, 0.1) is 4.90 Å². The van der Waals surface area contributed by atoms with E-state index in [1.54, 1.807) is 18.2 Å². The topological polar surface area (TPSA) is 69.7 Å². The fourth-order valence-corrected chi connectivity index (χ4v) is 4.13. The Labute approximate surface area is 143 Å². The molecule has 1 N–H and O–H groups in total. The smallest absolute Gasteiger partial charge is 0.240 e. The van der Waals surface area contributed by atoms with Crippen LogP contribution in [-0.2, 0) is 21.2 Å². The Morgan fingerprint density at radius 3 is 2.75 bits per heavy atom. The van der Waals surface area contributed by atoms with Gasteiger partial charge in [-0.3, -0.25) is 4.79 Å². The quantitative estimate of drug-likeness (QED) is 0.750. The van der Waals surface area contributed by atoms with Gasteiger partial charge in [0.1, 0.15) is 0 Å². The fourth-order valence-electron chi connectivity index (χ4n) is 3.01. The van der Waals surface area contributed by atoms with Crippen molar-refractivity contribution in [3.63, 3.8) is 0 Å². The molecule has 1 aliphatic heterocycles. The second-order valence-corrected chi connectivity index (χ2v) is 8.63. The molecule has 1 amide bonds. The Hall–Kier alpha value is -1.44. The summed E-state index contributed by atoms with van der Waals surface area (Å²) >= 11 is 0. The lowest BCUT2D eigenvalue weighted by atomic mass is 10.2. The van der Waals surface area contributed by atoms with Gasteiger partial charge in [-0.25, -0.2) is 13.1 Å². The van der Waals surface area contributed by atoms with Crippen LogP contribution in [-0.4, -0.2) is 53.0 Å². The average Bonchev–Trinajstić information content (AvgIpc) is 3.30. The van der Waals surface area contributed by atoms with E-state index in [1.165, 1.54) is 0 Å². The molecule has 0 atom stereocenters. The molecule has 1 aliphatic carbocycles. The molecule has 1 aromatic rings. The normalized spacial score (nSPS) is 17.4. The van der Waals surface area contributed by atoms with Crippen molar-refractivity contribution in [2.75, 3.05) is 38.6 Å². The summed E-state index contributed by atoms with van der Waals surface area (Å²) in [6, 6.07) is 5.09. The maximum Gasteiger partial charge on any atom is 0.240 e. The summed E-state index contributed by atoms with van der Waals surface area (Å²) in [6.07, 6.45) is 3.45. The van der Waals surface area contributed by atoms with E-state index >= 15 is 0 Å². The number of rotatable bonds is 7. The van der Waals surface area contributed by atoms with Crippen LogP contribution in [0.5, 0.6) is 0 Å². The van der Waals surface area contributed by atoms with Gasteiger partial charge in [0.2, 0.25) is 15.9 Å².